The fraction of sp³-hybridized carbons (Fsp3) is 0.538. The molecule has 0 spiro atoms. The lowest BCUT2D eigenvalue weighted by molar-refractivity contribution is 0.0756. The van der Waals surface area contributed by atoms with Crippen molar-refractivity contribution in [2.45, 2.75) is 32.6 Å². The van der Waals surface area contributed by atoms with Crippen LogP contribution < -0.4 is 0 Å². The molecule has 1 amide bonds. The molecule has 1 aromatic heterocycles. The van der Waals surface area contributed by atoms with Crippen LogP contribution in [0.5, 0.6) is 0 Å². The first-order valence-electron chi connectivity index (χ1n) is 5.99. The Balaban J connectivity index is 2.08. The number of amides is 1. The van der Waals surface area contributed by atoms with Crippen LogP contribution in [-0.2, 0) is 0 Å². The first kappa shape index (κ1) is 11.1. The van der Waals surface area contributed by atoms with E-state index in [0.717, 1.165) is 31.5 Å². The fourth-order valence-electron chi connectivity index (χ4n) is 2.03. The van der Waals surface area contributed by atoms with Crippen LogP contribution in [0.2, 0.25) is 0 Å². The number of rotatable bonds is 1. The van der Waals surface area contributed by atoms with Gasteiger partial charge in [0.05, 0.1) is 0 Å². The number of hydrogen-bond acceptors (Lipinski definition) is 2. The molecular weight excluding hydrogens is 200 g/mol. The van der Waals surface area contributed by atoms with Crippen molar-refractivity contribution in [1.29, 1.82) is 0 Å². The Morgan fingerprint density at radius 3 is 2.44 bits per heavy atom. The Bertz CT molecular complexity index is 351. The van der Waals surface area contributed by atoms with Crippen molar-refractivity contribution in [1.82, 2.24) is 9.88 Å². The Kier molecular flexibility index (Phi) is 3.54. The molecule has 0 bridgehead atoms. The van der Waals surface area contributed by atoms with E-state index in [9.17, 15) is 4.79 Å². The minimum atomic E-state index is 0.0851. The van der Waals surface area contributed by atoms with Crippen LogP contribution >= 0.6 is 0 Å². The standard InChI is InChI=1S/C13H18N2O/c1-11-6-7-12(14-10-11)13(16)15-8-4-2-3-5-9-15/h6-7,10H,2-5,8-9H2,1H3. The number of nitrogens with zero attached hydrogens (tertiary/aromatic N) is 2. The monoisotopic (exact) mass is 218 g/mol. The quantitative estimate of drug-likeness (QED) is 0.725. The van der Waals surface area contributed by atoms with Gasteiger partial charge in [0.2, 0.25) is 0 Å². The van der Waals surface area contributed by atoms with E-state index in [1.807, 2.05) is 24.0 Å². The maximum absolute atomic E-state index is 12.1. The van der Waals surface area contributed by atoms with Gasteiger partial charge < -0.3 is 4.90 Å². The third-order valence-electron chi connectivity index (χ3n) is 3.02. The molecule has 1 saturated heterocycles. The Labute approximate surface area is 96.5 Å². The molecule has 1 aliphatic heterocycles. The first-order valence-corrected chi connectivity index (χ1v) is 5.99. The van der Waals surface area contributed by atoms with Gasteiger partial charge in [-0.15, -0.1) is 0 Å². The topological polar surface area (TPSA) is 33.2 Å². The summed E-state index contributed by atoms with van der Waals surface area (Å²) in [6, 6.07) is 3.76. The summed E-state index contributed by atoms with van der Waals surface area (Å²) in [6.45, 7) is 3.75. The summed E-state index contributed by atoms with van der Waals surface area (Å²) < 4.78 is 0. The van der Waals surface area contributed by atoms with Gasteiger partial charge in [0.25, 0.3) is 5.91 Å². The lowest BCUT2D eigenvalue weighted by Crippen LogP contribution is -2.32. The van der Waals surface area contributed by atoms with Crippen LogP contribution in [-0.4, -0.2) is 28.9 Å². The summed E-state index contributed by atoms with van der Waals surface area (Å²) in [5.41, 5.74) is 1.67. The second-order valence-electron chi connectivity index (χ2n) is 4.43. The highest BCUT2D eigenvalue weighted by Gasteiger charge is 2.17. The SMILES string of the molecule is Cc1ccc(C(=O)N2CCCCCC2)nc1. The molecule has 0 saturated carbocycles. The molecule has 0 unspecified atom stereocenters. The van der Waals surface area contributed by atoms with Gasteiger partial charge in [0, 0.05) is 19.3 Å². The van der Waals surface area contributed by atoms with Crippen LogP contribution in [0, 0.1) is 6.92 Å². The Morgan fingerprint density at radius 2 is 1.88 bits per heavy atom. The number of carbonyl (C=O) groups excluding carboxylic acids is 1. The third-order valence-corrected chi connectivity index (χ3v) is 3.02. The van der Waals surface area contributed by atoms with Gasteiger partial charge >= 0.3 is 0 Å². The smallest absolute Gasteiger partial charge is 0.272 e. The Morgan fingerprint density at radius 1 is 1.19 bits per heavy atom. The summed E-state index contributed by atoms with van der Waals surface area (Å²) in [4.78, 5) is 18.3. The van der Waals surface area contributed by atoms with Crippen LogP contribution in [0.3, 0.4) is 0 Å². The van der Waals surface area contributed by atoms with E-state index < -0.39 is 0 Å². The van der Waals surface area contributed by atoms with Gasteiger partial charge in [-0.25, -0.2) is 0 Å². The molecule has 3 heteroatoms. The number of hydrogen-bond donors (Lipinski definition) is 0. The molecule has 1 aliphatic rings. The number of carbonyl (C=O) groups is 1. The normalized spacial score (nSPS) is 16.9. The van der Waals surface area contributed by atoms with Crippen molar-refractivity contribution in [3.8, 4) is 0 Å². The highest BCUT2D eigenvalue weighted by molar-refractivity contribution is 5.92. The van der Waals surface area contributed by atoms with E-state index in [0.29, 0.717) is 5.69 Å². The van der Waals surface area contributed by atoms with Gasteiger partial charge in [-0.05, 0) is 31.4 Å². The maximum Gasteiger partial charge on any atom is 0.272 e. The summed E-state index contributed by atoms with van der Waals surface area (Å²) in [6.07, 6.45) is 6.48. The highest BCUT2D eigenvalue weighted by Crippen LogP contribution is 2.12. The van der Waals surface area contributed by atoms with Gasteiger partial charge in [-0.3, -0.25) is 9.78 Å². The van der Waals surface area contributed by atoms with Crippen molar-refractivity contribution in [3.63, 3.8) is 0 Å². The van der Waals surface area contributed by atoms with E-state index in [2.05, 4.69) is 4.98 Å². The predicted octanol–water partition coefficient (Wildman–Crippen LogP) is 2.41. The zero-order valence-corrected chi connectivity index (χ0v) is 9.78. The number of likely N-dealkylation sites (tertiary alicyclic amines) is 1. The molecule has 1 aromatic rings. The predicted molar refractivity (Wildman–Crippen MR) is 63.3 cm³/mol. The van der Waals surface area contributed by atoms with Crippen molar-refractivity contribution in [2.75, 3.05) is 13.1 Å². The molecule has 0 N–H and O–H groups in total. The molecule has 1 fully saturated rings. The van der Waals surface area contributed by atoms with Crippen LogP contribution in [0.15, 0.2) is 18.3 Å². The van der Waals surface area contributed by atoms with E-state index in [1.165, 1.54) is 12.8 Å². The average molecular weight is 218 g/mol. The van der Waals surface area contributed by atoms with Crippen molar-refractivity contribution in [3.05, 3.63) is 29.6 Å². The zero-order valence-electron chi connectivity index (χ0n) is 9.78. The molecule has 2 rings (SSSR count). The molecule has 0 aromatic carbocycles. The summed E-state index contributed by atoms with van der Waals surface area (Å²) in [5, 5.41) is 0. The van der Waals surface area contributed by atoms with Gasteiger partial charge in [0.15, 0.2) is 0 Å². The van der Waals surface area contributed by atoms with E-state index in [1.54, 1.807) is 6.20 Å². The third kappa shape index (κ3) is 2.60. The fourth-order valence-corrected chi connectivity index (χ4v) is 2.03. The molecular formula is C13H18N2O. The lowest BCUT2D eigenvalue weighted by atomic mass is 10.2. The van der Waals surface area contributed by atoms with Gasteiger partial charge in [-0.1, -0.05) is 18.9 Å². The van der Waals surface area contributed by atoms with E-state index in [-0.39, 0.29) is 5.91 Å². The van der Waals surface area contributed by atoms with Crippen molar-refractivity contribution in [2.24, 2.45) is 0 Å². The van der Waals surface area contributed by atoms with Gasteiger partial charge in [-0.2, -0.15) is 0 Å². The minimum absolute atomic E-state index is 0.0851. The number of aromatic nitrogens is 1. The Hall–Kier alpha value is -1.38. The molecule has 86 valence electrons. The van der Waals surface area contributed by atoms with E-state index >= 15 is 0 Å². The van der Waals surface area contributed by atoms with Gasteiger partial charge in [0.1, 0.15) is 5.69 Å². The van der Waals surface area contributed by atoms with Crippen molar-refractivity contribution < 1.29 is 4.79 Å². The molecule has 0 atom stereocenters. The minimum Gasteiger partial charge on any atom is -0.337 e. The maximum atomic E-state index is 12.1. The van der Waals surface area contributed by atoms with Crippen LogP contribution in [0.1, 0.15) is 41.7 Å². The largest absolute Gasteiger partial charge is 0.337 e. The first-order chi connectivity index (χ1) is 7.77. The highest BCUT2D eigenvalue weighted by atomic mass is 16.2. The molecule has 16 heavy (non-hydrogen) atoms. The lowest BCUT2D eigenvalue weighted by Gasteiger charge is -2.19. The molecule has 3 nitrogen and oxygen atoms in total. The molecule has 0 aliphatic carbocycles. The molecule has 0 radical (unpaired) electrons. The average Bonchev–Trinajstić information content (AvgIpc) is 2.57. The second kappa shape index (κ2) is 5.10. The number of aryl methyl sites for hydroxylation is 1. The summed E-state index contributed by atoms with van der Waals surface area (Å²) in [7, 11) is 0. The summed E-state index contributed by atoms with van der Waals surface area (Å²) in [5.74, 6) is 0.0851. The van der Waals surface area contributed by atoms with E-state index in [4.69, 9.17) is 0 Å². The molecule has 2 heterocycles. The summed E-state index contributed by atoms with van der Waals surface area (Å²) >= 11 is 0. The van der Waals surface area contributed by atoms with Crippen LogP contribution in [0.4, 0.5) is 0 Å². The zero-order chi connectivity index (χ0) is 11.4. The number of pyridine rings is 1. The van der Waals surface area contributed by atoms with Crippen molar-refractivity contribution >= 4 is 5.91 Å². The second-order valence-corrected chi connectivity index (χ2v) is 4.43. The van der Waals surface area contributed by atoms with Crippen LogP contribution in [0.25, 0.3) is 0 Å².